The van der Waals surface area contributed by atoms with Crippen LogP contribution in [0.3, 0.4) is 0 Å². The van der Waals surface area contributed by atoms with Crippen molar-refractivity contribution in [3.63, 3.8) is 0 Å². The van der Waals surface area contributed by atoms with Crippen molar-refractivity contribution < 1.29 is 14.3 Å². The number of likely N-dealkylation sites (N-methyl/N-ethyl adjacent to an activating group) is 1. The average molecular weight is 350 g/mol. The van der Waals surface area contributed by atoms with Gasteiger partial charge in [0.05, 0.1) is 6.54 Å². The summed E-state index contributed by atoms with van der Waals surface area (Å²) < 4.78 is 13.8. The highest BCUT2D eigenvalue weighted by Gasteiger charge is 2.23. The van der Waals surface area contributed by atoms with Crippen molar-refractivity contribution in [1.29, 1.82) is 0 Å². The molecule has 0 aliphatic carbocycles. The molecule has 2 aromatic carbocycles. The minimum Gasteiger partial charge on any atom is -0.486 e. The number of benzene rings is 2. The zero-order valence-electron chi connectivity index (χ0n) is 14.8. The molecule has 4 rings (SSSR count). The van der Waals surface area contributed by atoms with E-state index in [1.807, 2.05) is 49.6 Å². The molecular formula is C21H22N2O3. The Bertz CT molecular complexity index is 918. The minimum atomic E-state index is -0.147. The van der Waals surface area contributed by atoms with Gasteiger partial charge in [0.25, 0.3) is 0 Å². The second kappa shape index (κ2) is 7.12. The number of carbonyl (C=O) groups excluding carboxylic acids is 1. The van der Waals surface area contributed by atoms with Crippen LogP contribution in [0.15, 0.2) is 60.8 Å². The highest BCUT2D eigenvalue weighted by Crippen LogP contribution is 2.31. The van der Waals surface area contributed by atoms with Gasteiger partial charge < -0.3 is 18.9 Å². The van der Waals surface area contributed by atoms with Gasteiger partial charge in [-0.15, -0.1) is 0 Å². The van der Waals surface area contributed by atoms with Gasteiger partial charge in [0, 0.05) is 31.7 Å². The van der Waals surface area contributed by atoms with Crippen molar-refractivity contribution in [1.82, 2.24) is 9.47 Å². The summed E-state index contributed by atoms with van der Waals surface area (Å²) in [6.45, 7) is 1.64. The number of carbonyl (C=O) groups is 1. The average Bonchev–Trinajstić information content (AvgIpc) is 3.09. The van der Waals surface area contributed by atoms with E-state index in [0.717, 1.165) is 17.0 Å². The number of rotatable bonds is 5. The fourth-order valence-electron chi connectivity index (χ4n) is 3.30. The zero-order chi connectivity index (χ0) is 17.9. The van der Waals surface area contributed by atoms with Gasteiger partial charge in [0.1, 0.15) is 6.61 Å². The number of amides is 1. The third-order valence-corrected chi connectivity index (χ3v) is 4.72. The van der Waals surface area contributed by atoms with Gasteiger partial charge in [-0.3, -0.25) is 4.79 Å². The molecule has 3 aromatic rings. The molecule has 134 valence electrons. The molecule has 2 heterocycles. The molecule has 5 nitrogen and oxygen atoms in total. The predicted octanol–water partition coefficient (Wildman–Crippen LogP) is 3.33. The number of aromatic nitrogens is 1. The van der Waals surface area contributed by atoms with E-state index in [1.54, 1.807) is 4.90 Å². The van der Waals surface area contributed by atoms with Crippen molar-refractivity contribution in [3.8, 4) is 11.5 Å². The normalized spacial score (nSPS) is 15.8. The Morgan fingerprint density at radius 2 is 1.88 bits per heavy atom. The van der Waals surface area contributed by atoms with Crippen molar-refractivity contribution in [2.75, 3.05) is 20.2 Å². The summed E-state index contributed by atoms with van der Waals surface area (Å²) in [6.07, 6.45) is 2.35. The number of hydrogen-bond acceptors (Lipinski definition) is 3. The Kier molecular flexibility index (Phi) is 4.52. The molecule has 0 saturated heterocycles. The molecule has 1 aliphatic heterocycles. The van der Waals surface area contributed by atoms with E-state index in [-0.39, 0.29) is 12.0 Å². The molecule has 0 saturated carbocycles. The molecule has 1 atom stereocenters. The van der Waals surface area contributed by atoms with E-state index in [1.165, 1.54) is 5.39 Å². The van der Waals surface area contributed by atoms with Crippen LogP contribution >= 0.6 is 0 Å². The second-order valence-corrected chi connectivity index (χ2v) is 6.59. The highest BCUT2D eigenvalue weighted by atomic mass is 16.6. The molecule has 5 heteroatoms. The van der Waals surface area contributed by atoms with E-state index in [4.69, 9.17) is 9.47 Å². The number of ether oxygens (including phenoxy) is 2. The van der Waals surface area contributed by atoms with Gasteiger partial charge in [-0.05, 0) is 29.7 Å². The quantitative estimate of drug-likeness (QED) is 0.709. The van der Waals surface area contributed by atoms with Gasteiger partial charge in [0.15, 0.2) is 17.6 Å². The van der Waals surface area contributed by atoms with Crippen molar-refractivity contribution in [3.05, 3.63) is 60.8 Å². The monoisotopic (exact) mass is 350 g/mol. The van der Waals surface area contributed by atoms with E-state index in [2.05, 4.69) is 22.8 Å². The van der Waals surface area contributed by atoms with Crippen LogP contribution in [-0.4, -0.2) is 41.7 Å². The lowest BCUT2D eigenvalue weighted by atomic mass is 10.2. The third kappa shape index (κ3) is 3.38. The number of para-hydroxylation sites is 3. The van der Waals surface area contributed by atoms with Gasteiger partial charge in [-0.2, -0.15) is 0 Å². The maximum Gasteiger partial charge on any atom is 0.224 e. The lowest BCUT2D eigenvalue weighted by Gasteiger charge is -2.29. The highest BCUT2D eigenvalue weighted by molar-refractivity contribution is 5.80. The van der Waals surface area contributed by atoms with E-state index < -0.39 is 0 Å². The number of aryl methyl sites for hydroxylation is 1. The van der Waals surface area contributed by atoms with E-state index >= 15 is 0 Å². The standard InChI is InChI=1S/C21H22N2O3/c1-22(14-17-15-25-19-8-4-5-9-20(19)26-17)21(24)11-13-23-12-10-16-6-2-3-7-18(16)23/h2-10,12,17H,11,13-15H2,1H3. The van der Waals surface area contributed by atoms with Crippen LogP contribution in [0.25, 0.3) is 10.9 Å². The molecule has 0 radical (unpaired) electrons. The Morgan fingerprint density at radius 1 is 1.12 bits per heavy atom. The van der Waals surface area contributed by atoms with Gasteiger partial charge >= 0.3 is 0 Å². The van der Waals surface area contributed by atoms with Crippen LogP contribution in [0.1, 0.15) is 6.42 Å². The van der Waals surface area contributed by atoms with Crippen molar-refractivity contribution in [2.24, 2.45) is 0 Å². The summed E-state index contributed by atoms with van der Waals surface area (Å²) in [5.74, 6) is 1.60. The van der Waals surface area contributed by atoms with Crippen molar-refractivity contribution in [2.45, 2.75) is 19.1 Å². The van der Waals surface area contributed by atoms with Crippen molar-refractivity contribution >= 4 is 16.8 Å². The van der Waals surface area contributed by atoms with Gasteiger partial charge in [0.2, 0.25) is 5.91 Å². The van der Waals surface area contributed by atoms with Crippen LogP contribution in [-0.2, 0) is 11.3 Å². The Balaban J connectivity index is 1.32. The summed E-state index contributed by atoms with van der Waals surface area (Å²) in [5.41, 5.74) is 1.16. The molecule has 0 spiro atoms. The fourth-order valence-corrected chi connectivity index (χ4v) is 3.30. The first-order valence-electron chi connectivity index (χ1n) is 8.87. The van der Waals surface area contributed by atoms with Crippen LogP contribution in [0.4, 0.5) is 0 Å². The number of nitrogens with zero attached hydrogens (tertiary/aromatic N) is 2. The molecule has 26 heavy (non-hydrogen) atoms. The first kappa shape index (κ1) is 16.5. The minimum absolute atomic E-state index is 0.102. The fraction of sp³-hybridized carbons (Fsp3) is 0.286. The molecule has 0 N–H and O–H groups in total. The van der Waals surface area contributed by atoms with Crippen LogP contribution in [0, 0.1) is 0 Å². The van der Waals surface area contributed by atoms with E-state index in [0.29, 0.717) is 26.1 Å². The maximum atomic E-state index is 12.5. The Hall–Kier alpha value is -2.95. The Labute approximate surface area is 152 Å². The Morgan fingerprint density at radius 3 is 2.77 bits per heavy atom. The molecule has 1 aliphatic rings. The molecule has 1 aromatic heterocycles. The molecule has 0 bridgehead atoms. The summed E-state index contributed by atoms with van der Waals surface area (Å²) in [7, 11) is 1.82. The largest absolute Gasteiger partial charge is 0.486 e. The summed E-state index contributed by atoms with van der Waals surface area (Å²) in [4.78, 5) is 14.2. The van der Waals surface area contributed by atoms with E-state index in [9.17, 15) is 4.79 Å². The lowest BCUT2D eigenvalue weighted by molar-refractivity contribution is -0.131. The first-order valence-corrected chi connectivity index (χ1v) is 8.87. The number of hydrogen-bond donors (Lipinski definition) is 0. The smallest absolute Gasteiger partial charge is 0.224 e. The molecular weight excluding hydrogens is 328 g/mol. The predicted molar refractivity (Wildman–Crippen MR) is 101 cm³/mol. The van der Waals surface area contributed by atoms with Gasteiger partial charge in [-0.25, -0.2) is 0 Å². The third-order valence-electron chi connectivity index (χ3n) is 4.72. The number of fused-ring (bicyclic) bond motifs is 2. The topological polar surface area (TPSA) is 43.7 Å². The molecule has 1 unspecified atom stereocenters. The summed E-state index contributed by atoms with van der Waals surface area (Å²) >= 11 is 0. The molecule has 1 amide bonds. The van der Waals surface area contributed by atoms with Crippen LogP contribution in [0.2, 0.25) is 0 Å². The second-order valence-electron chi connectivity index (χ2n) is 6.59. The van der Waals surface area contributed by atoms with Crippen LogP contribution in [0.5, 0.6) is 11.5 Å². The maximum absolute atomic E-state index is 12.5. The lowest BCUT2D eigenvalue weighted by Crippen LogP contribution is -2.42. The summed E-state index contributed by atoms with van der Waals surface area (Å²) in [6, 6.07) is 17.9. The summed E-state index contributed by atoms with van der Waals surface area (Å²) in [5, 5.41) is 1.19. The first-order chi connectivity index (χ1) is 12.7. The van der Waals surface area contributed by atoms with Gasteiger partial charge in [-0.1, -0.05) is 30.3 Å². The zero-order valence-corrected chi connectivity index (χ0v) is 14.8. The SMILES string of the molecule is CN(CC1COc2ccccc2O1)C(=O)CCn1ccc2ccccc21. The molecule has 0 fully saturated rings. The van der Waals surface area contributed by atoms with Crippen LogP contribution < -0.4 is 9.47 Å².